The van der Waals surface area contributed by atoms with Crippen LogP contribution in [0.1, 0.15) is 43.0 Å². The average molecular weight is 329 g/mol. The van der Waals surface area contributed by atoms with Gasteiger partial charge >= 0.3 is 0 Å². The molecule has 1 saturated carbocycles. The van der Waals surface area contributed by atoms with Gasteiger partial charge in [-0.1, -0.05) is 6.42 Å². The molecule has 18 heavy (non-hydrogen) atoms. The van der Waals surface area contributed by atoms with E-state index in [2.05, 4.69) is 32.3 Å². The van der Waals surface area contributed by atoms with Crippen LogP contribution in [0.5, 0.6) is 0 Å². The predicted molar refractivity (Wildman–Crippen MR) is 80.9 cm³/mol. The minimum Gasteiger partial charge on any atom is -0.330 e. The molecule has 2 fully saturated rings. The van der Waals surface area contributed by atoms with Crippen LogP contribution in [0.2, 0.25) is 0 Å². The summed E-state index contributed by atoms with van der Waals surface area (Å²) in [6.45, 7) is 2.09. The molecule has 0 bridgehead atoms. The normalized spacial score (nSPS) is 30.3. The number of hydrogen-bond donors (Lipinski definition) is 1. The Hall–Kier alpha value is 0.1000. The summed E-state index contributed by atoms with van der Waals surface area (Å²) in [6.07, 6.45) is 6.75. The molecule has 1 aliphatic heterocycles. The van der Waals surface area contributed by atoms with E-state index in [4.69, 9.17) is 5.73 Å². The van der Waals surface area contributed by atoms with Crippen LogP contribution in [-0.4, -0.2) is 24.0 Å². The van der Waals surface area contributed by atoms with E-state index >= 15 is 0 Å². The van der Waals surface area contributed by atoms with Crippen LogP contribution >= 0.6 is 27.3 Å². The quantitative estimate of drug-likeness (QED) is 0.914. The van der Waals surface area contributed by atoms with Gasteiger partial charge in [0.15, 0.2) is 0 Å². The second-order valence-corrected chi connectivity index (χ2v) is 7.43. The highest BCUT2D eigenvalue weighted by Gasteiger charge is 2.39. The summed E-state index contributed by atoms with van der Waals surface area (Å²) < 4.78 is 1.22. The lowest BCUT2D eigenvalue weighted by atomic mass is 9.93. The van der Waals surface area contributed by atoms with Gasteiger partial charge in [-0.2, -0.15) is 0 Å². The van der Waals surface area contributed by atoms with Crippen molar-refractivity contribution in [3.63, 3.8) is 0 Å². The van der Waals surface area contributed by atoms with Crippen LogP contribution in [-0.2, 0) is 0 Å². The van der Waals surface area contributed by atoms with E-state index in [1.807, 2.05) is 11.3 Å². The van der Waals surface area contributed by atoms with E-state index in [0.29, 0.717) is 12.0 Å². The first-order valence-electron chi connectivity index (χ1n) is 6.99. The van der Waals surface area contributed by atoms with Crippen molar-refractivity contribution < 1.29 is 0 Å². The van der Waals surface area contributed by atoms with Gasteiger partial charge in [0.25, 0.3) is 0 Å². The predicted octanol–water partition coefficient (Wildman–Crippen LogP) is 3.77. The molecular formula is C14H21BrN2S. The number of nitrogens with two attached hydrogens (primary N) is 1. The Labute approximate surface area is 122 Å². The van der Waals surface area contributed by atoms with E-state index in [-0.39, 0.29) is 0 Å². The van der Waals surface area contributed by atoms with Gasteiger partial charge < -0.3 is 5.73 Å². The molecule has 2 unspecified atom stereocenters. The number of hydrogen-bond acceptors (Lipinski definition) is 3. The number of thiophene rings is 1. The van der Waals surface area contributed by atoms with Gasteiger partial charge in [-0.15, -0.1) is 11.3 Å². The van der Waals surface area contributed by atoms with Crippen LogP contribution < -0.4 is 5.73 Å². The molecule has 1 saturated heterocycles. The van der Waals surface area contributed by atoms with Gasteiger partial charge in [-0.05, 0) is 66.7 Å². The van der Waals surface area contributed by atoms with Gasteiger partial charge in [0, 0.05) is 26.8 Å². The molecule has 2 atom stereocenters. The molecule has 0 radical (unpaired) electrons. The van der Waals surface area contributed by atoms with Crippen molar-refractivity contribution >= 4 is 27.3 Å². The van der Waals surface area contributed by atoms with E-state index in [1.54, 1.807) is 0 Å². The first-order valence-corrected chi connectivity index (χ1v) is 8.66. The van der Waals surface area contributed by atoms with Gasteiger partial charge in [-0.25, -0.2) is 0 Å². The van der Waals surface area contributed by atoms with Crippen molar-refractivity contribution in [3.05, 3.63) is 20.8 Å². The maximum atomic E-state index is 6.06. The molecule has 0 aromatic carbocycles. The average Bonchev–Trinajstić information content (AvgIpc) is 3.14. The van der Waals surface area contributed by atoms with E-state index in [9.17, 15) is 0 Å². The van der Waals surface area contributed by atoms with Gasteiger partial charge in [0.2, 0.25) is 0 Å². The summed E-state index contributed by atoms with van der Waals surface area (Å²) in [4.78, 5) is 4.26. The Morgan fingerprint density at radius 2 is 2.17 bits per heavy atom. The molecule has 4 heteroatoms. The molecule has 100 valence electrons. The molecule has 1 aromatic rings. The van der Waals surface area contributed by atoms with Crippen LogP contribution in [0.3, 0.4) is 0 Å². The Balaban J connectivity index is 1.90. The molecule has 2 aliphatic rings. The summed E-state index contributed by atoms with van der Waals surface area (Å²) in [5.74, 6) is 0.638. The van der Waals surface area contributed by atoms with Crippen molar-refractivity contribution in [2.45, 2.75) is 44.2 Å². The summed E-state index contributed by atoms with van der Waals surface area (Å²) in [7, 11) is 0. The molecule has 0 spiro atoms. The third-order valence-corrected chi connectivity index (χ3v) is 6.01. The van der Waals surface area contributed by atoms with Crippen LogP contribution in [0.15, 0.2) is 15.9 Å². The number of halogens is 1. The molecule has 2 N–H and O–H groups in total. The largest absolute Gasteiger partial charge is 0.330 e. The van der Waals surface area contributed by atoms with Crippen molar-refractivity contribution in [1.82, 2.24) is 4.90 Å². The highest BCUT2D eigenvalue weighted by molar-refractivity contribution is 9.10. The SMILES string of the molecule is NCC1CCCCN(C2CC2)C1c1cc(Br)cs1. The highest BCUT2D eigenvalue weighted by atomic mass is 79.9. The van der Waals surface area contributed by atoms with Crippen molar-refractivity contribution in [3.8, 4) is 0 Å². The monoisotopic (exact) mass is 328 g/mol. The first-order chi connectivity index (χ1) is 8.79. The van der Waals surface area contributed by atoms with Gasteiger partial charge in [0.05, 0.1) is 0 Å². The molecule has 1 aromatic heterocycles. The summed E-state index contributed by atoms with van der Waals surface area (Å²) in [6, 6.07) is 3.71. The lowest BCUT2D eigenvalue weighted by Crippen LogP contribution is -2.36. The molecule has 1 aliphatic carbocycles. The Morgan fingerprint density at radius 3 is 2.78 bits per heavy atom. The third-order valence-electron chi connectivity index (χ3n) is 4.24. The van der Waals surface area contributed by atoms with Crippen LogP contribution in [0, 0.1) is 5.92 Å². The van der Waals surface area contributed by atoms with Gasteiger partial charge in [-0.3, -0.25) is 4.90 Å². The lowest BCUT2D eigenvalue weighted by molar-refractivity contribution is 0.152. The minimum atomic E-state index is 0.571. The Bertz CT molecular complexity index is 402. The first kappa shape index (κ1) is 13.1. The lowest BCUT2D eigenvalue weighted by Gasteiger charge is -2.34. The van der Waals surface area contributed by atoms with Crippen LogP contribution in [0.4, 0.5) is 0 Å². The maximum Gasteiger partial charge on any atom is 0.0485 e. The zero-order valence-corrected chi connectivity index (χ0v) is 13.0. The second kappa shape index (κ2) is 5.61. The molecule has 0 amide bonds. The fraction of sp³-hybridized carbons (Fsp3) is 0.714. The Morgan fingerprint density at radius 1 is 1.33 bits per heavy atom. The third kappa shape index (κ3) is 2.67. The van der Waals surface area contributed by atoms with Gasteiger partial charge in [0.1, 0.15) is 0 Å². The van der Waals surface area contributed by atoms with E-state index < -0.39 is 0 Å². The smallest absolute Gasteiger partial charge is 0.0485 e. The Kier molecular flexibility index (Phi) is 4.09. The van der Waals surface area contributed by atoms with E-state index in [1.165, 1.54) is 48.0 Å². The highest BCUT2D eigenvalue weighted by Crippen LogP contribution is 2.43. The fourth-order valence-corrected chi connectivity index (χ4v) is 4.87. The fourth-order valence-electron chi connectivity index (χ4n) is 3.21. The zero-order chi connectivity index (χ0) is 12.5. The summed E-state index contributed by atoms with van der Waals surface area (Å²) in [5, 5.41) is 2.21. The second-order valence-electron chi connectivity index (χ2n) is 5.57. The molecule has 3 rings (SSSR count). The summed E-state index contributed by atoms with van der Waals surface area (Å²) in [5.41, 5.74) is 6.06. The molecular weight excluding hydrogens is 308 g/mol. The number of nitrogens with zero attached hydrogens (tertiary/aromatic N) is 1. The van der Waals surface area contributed by atoms with E-state index in [0.717, 1.165) is 12.6 Å². The topological polar surface area (TPSA) is 29.3 Å². The minimum absolute atomic E-state index is 0.571. The maximum absolute atomic E-state index is 6.06. The number of rotatable bonds is 3. The molecule has 2 heterocycles. The standard InChI is InChI=1S/C14H21BrN2S/c15-11-7-13(18-9-11)14-10(8-16)3-1-2-6-17(14)12-4-5-12/h7,9-10,12,14H,1-6,8,16H2. The number of likely N-dealkylation sites (tertiary alicyclic amines) is 1. The molecule has 2 nitrogen and oxygen atoms in total. The van der Waals surface area contributed by atoms with Crippen molar-refractivity contribution in [2.75, 3.05) is 13.1 Å². The van der Waals surface area contributed by atoms with Crippen LogP contribution in [0.25, 0.3) is 0 Å². The van der Waals surface area contributed by atoms with Crippen molar-refractivity contribution in [1.29, 1.82) is 0 Å². The zero-order valence-electron chi connectivity index (χ0n) is 10.6. The summed E-state index contributed by atoms with van der Waals surface area (Å²) >= 11 is 5.48. The van der Waals surface area contributed by atoms with Crippen molar-refractivity contribution in [2.24, 2.45) is 11.7 Å².